The van der Waals surface area contributed by atoms with Crippen LogP contribution in [0.15, 0.2) is 0 Å². The second kappa shape index (κ2) is 8.14. The van der Waals surface area contributed by atoms with Crippen molar-refractivity contribution in [1.82, 2.24) is 10.2 Å². The van der Waals surface area contributed by atoms with Crippen LogP contribution in [-0.2, 0) is 4.79 Å². The molecule has 2 fully saturated rings. The molecular formula is C17H32N2O2. The van der Waals surface area contributed by atoms with Crippen LogP contribution in [0.3, 0.4) is 0 Å². The predicted molar refractivity (Wildman–Crippen MR) is 85.0 cm³/mol. The van der Waals surface area contributed by atoms with Crippen molar-refractivity contribution < 1.29 is 9.90 Å². The molecule has 1 saturated heterocycles. The number of rotatable bonds is 6. The first kappa shape index (κ1) is 16.8. The summed E-state index contributed by atoms with van der Waals surface area (Å²) >= 11 is 0. The number of carbonyl (C=O) groups excluding carboxylic acids is 1. The maximum atomic E-state index is 12.0. The maximum Gasteiger partial charge on any atom is 0.222 e. The lowest BCUT2D eigenvalue weighted by Crippen LogP contribution is -2.54. The molecule has 1 aliphatic carbocycles. The van der Waals surface area contributed by atoms with E-state index in [9.17, 15) is 4.79 Å². The molecule has 2 N–H and O–H groups in total. The Kier molecular flexibility index (Phi) is 6.49. The molecule has 122 valence electrons. The number of aliphatic hydroxyl groups is 1. The molecule has 0 spiro atoms. The van der Waals surface area contributed by atoms with Crippen LogP contribution in [0.1, 0.15) is 58.8 Å². The molecule has 4 heteroatoms. The summed E-state index contributed by atoms with van der Waals surface area (Å²) in [5, 5.41) is 12.3. The Morgan fingerprint density at radius 3 is 2.62 bits per heavy atom. The molecule has 4 nitrogen and oxygen atoms in total. The first-order valence-electron chi connectivity index (χ1n) is 8.75. The minimum atomic E-state index is 0.0581. The Labute approximate surface area is 129 Å². The molecule has 1 saturated carbocycles. The molecule has 21 heavy (non-hydrogen) atoms. The van der Waals surface area contributed by atoms with Crippen molar-refractivity contribution in [2.45, 2.75) is 70.9 Å². The summed E-state index contributed by atoms with van der Waals surface area (Å²) in [5.41, 5.74) is 0. The van der Waals surface area contributed by atoms with E-state index in [1.54, 1.807) is 0 Å². The minimum Gasteiger partial charge on any atom is -0.396 e. The summed E-state index contributed by atoms with van der Waals surface area (Å²) in [4.78, 5) is 14.6. The van der Waals surface area contributed by atoms with E-state index >= 15 is 0 Å². The van der Waals surface area contributed by atoms with Crippen LogP contribution in [0.4, 0.5) is 0 Å². The molecule has 1 amide bonds. The van der Waals surface area contributed by atoms with Gasteiger partial charge in [-0.15, -0.1) is 0 Å². The summed E-state index contributed by atoms with van der Waals surface area (Å²) in [6, 6.07) is 1.01. The Morgan fingerprint density at radius 2 is 2.00 bits per heavy atom. The van der Waals surface area contributed by atoms with Crippen molar-refractivity contribution in [3.8, 4) is 0 Å². The third-order valence-electron chi connectivity index (χ3n) is 5.05. The highest BCUT2D eigenvalue weighted by Crippen LogP contribution is 2.29. The van der Waals surface area contributed by atoms with Gasteiger partial charge in [0.2, 0.25) is 5.91 Å². The first-order chi connectivity index (χ1) is 10.1. The van der Waals surface area contributed by atoms with Gasteiger partial charge in [0.15, 0.2) is 0 Å². The van der Waals surface area contributed by atoms with E-state index in [1.807, 2.05) is 13.8 Å². The molecule has 0 aromatic carbocycles. The first-order valence-corrected chi connectivity index (χ1v) is 8.75. The highest BCUT2D eigenvalue weighted by atomic mass is 16.2. The normalized spacial score (nSPS) is 28.2. The van der Waals surface area contributed by atoms with Crippen LogP contribution < -0.4 is 5.32 Å². The van der Waals surface area contributed by atoms with Crippen LogP contribution in [0.5, 0.6) is 0 Å². The van der Waals surface area contributed by atoms with Crippen LogP contribution in [0, 0.1) is 11.8 Å². The lowest BCUT2D eigenvalue weighted by molar-refractivity contribution is -0.125. The number of hydrogen-bond donors (Lipinski definition) is 2. The quantitative estimate of drug-likeness (QED) is 0.790. The zero-order valence-electron chi connectivity index (χ0n) is 13.7. The van der Waals surface area contributed by atoms with Gasteiger partial charge in [-0.05, 0) is 38.0 Å². The van der Waals surface area contributed by atoms with Crippen molar-refractivity contribution in [3.63, 3.8) is 0 Å². The van der Waals surface area contributed by atoms with Crippen molar-refractivity contribution in [3.05, 3.63) is 0 Å². The fraction of sp³-hybridized carbons (Fsp3) is 0.941. The fourth-order valence-corrected chi connectivity index (χ4v) is 3.87. The highest BCUT2D eigenvalue weighted by molar-refractivity contribution is 5.78. The van der Waals surface area contributed by atoms with Gasteiger partial charge in [-0.1, -0.05) is 26.7 Å². The predicted octanol–water partition coefficient (Wildman–Crippen LogP) is 2.16. The third kappa shape index (κ3) is 4.96. The van der Waals surface area contributed by atoms with Gasteiger partial charge in [0.25, 0.3) is 0 Å². The van der Waals surface area contributed by atoms with Crippen LogP contribution >= 0.6 is 0 Å². The number of aliphatic hydroxyl groups excluding tert-OH is 1. The molecule has 2 rings (SSSR count). The van der Waals surface area contributed by atoms with Gasteiger partial charge >= 0.3 is 0 Å². The van der Waals surface area contributed by atoms with Gasteiger partial charge in [0.05, 0.1) is 0 Å². The van der Waals surface area contributed by atoms with E-state index < -0.39 is 0 Å². The SMILES string of the molecule is CC(C)C(=O)NC1CC(CCCO)CN(C2CCCC2)C1. The average molecular weight is 296 g/mol. The molecule has 0 bridgehead atoms. The van der Waals surface area contributed by atoms with E-state index in [2.05, 4.69) is 10.2 Å². The number of amides is 1. The molecule has 1 aliphatic heterocycles. The van der Waals surface area contributed by atoms with Crippen LogP contribution in [0.2, 0.25) is 0 Å². The van der Waals surface area contributed by atoms with Crippen LogP contribution in [-0.4, -0.2) is 47.7 Å². The monoisotopic (exact) mass is 296 g/mol. The van der Waals surface area contributed by atoms with Gasteiger partial charge in [-0.2, -0.15) is 0 Å². The van der Waals surface area contributed by atoms with Crippen LogP contribution in [0.25, 0.3) is 0 Å². The molecule has 0 aromatic rings. The van der Waals surface area contributed by atoms with E-state index in [4.69, 9.17) is 5.11 Å². The Balaban J connectivity index is 1.93. The topological polar surface area (TPSA) is 52.6 Å². The van der Waals surface area contributed by atoms with Crippen molar-refractivity contribution in [2.24, 2.45) is 11.8 Å². The average Bonchev–Trinajstić information content (AvgIpc) is 2.99. The van der Waals surface area contributed by atoms with Gasteiger partial charge in [-0.3, -0.25) is 9.69 Å². The van der Waals surface area contributed by atoms with Crippen molar-refractivity contribution in [1.29, 1.82) is 0 Å². The van der Waals surface area contributed by atoms with E-state index in [1.165, 1.54) is 25.7 Å². The zero-order valence-corrected chi connectivity index (χ0v) is 13.7. The Bertz CT molecular complexity index is 327. The van der Waals surface area contributed by atoms with Crippen molar-refractivity contribution in [2.75, 3.05) is 19.7 Å². The molecule has 2 atom stereocenters. The zero-order chi connectivity index (χ0) is 15.2. The Hall–Kier alpha value is -0.610. The van der Waals surface area contributed by atoms with E-state index in [-0.39, 0.29) is 24.5 Å². The summed E-state index contributed by atoms with van der Waals surface area (Å²) in [7, 11) is 0. The number of carbonyl (C=O) groups is 1. The summed E-state index contributed by atoms with van der Waals surface area (Å²) in [5.74, 6) is 0.848. The number of nitrogens with one attached hydrogen (secondary N) is 1. The second-order valence-electron chi connectivity index (χ2n) is 7.22. The second-order valence-corrected chi connectivity index (χ2v) is 7.22. The van der Waals surface area contributed by atoms with Gasteiger partial charge in [-0.25, -0.2) is 0 Å². The largest absolute Gasteiger partial charge is 0.396 e. The third-order valence-corrected chi connectivity index (χ3v) is 5.05. The number of nitrogens with zero attached hydrogens (tertiary/aromatic N) is 1. The Morgan fingerprint density at radius 1 is 1.29 bits per heavy atom. The molecule has 0 aromatic heterocycles. The molecule has 1 heterocycles. The number of hydrogen-bond acceptors (Lipinski definition) is 3. The number of piperidine rings is 1. The van der Waals surface area contributed by atoms with Gasteiger partial charge < -0.3 is 10.4 Å². The lowest BCUT2D eigenvalue weighted by Gasteiger charge is -2.41. The van der Waals surface area contributed by atoms with Gasteiger partial charge in [0, 0.05) is 37.7 Å². The summed E-state index contributed by atoms with van der Waals surface area (Å²) in [6.07, 6.45) is 8.37. The smallest absolute Gasteiger partial charge is 0.222 e. The summed E-state index contributed by atoms with van der Waals surface area (Å²) < 4.78 is 0. The molecule has 2 unspecified atom stereocenters. The lowest BCUT2D eigenvalue weighted by atomic mass is 9.89. The highest BCUT2D eigenvalue weighted by Gasteiger charge is 2.33. The summed E-state index contributed by atoms with van der Waals surface area (Å²) in [6.45, 7) is 6.35. The van der Waals surface area contributed by atoms with Crippen molar-refractivity contribution >= 4 is 5.91 Å². The van der Waals surface area contributed by atoms with E-state index in [0.29, 0.717) is 5.92 Å². The molecule has 0 radical (unpaired) electrons. The standard InChI is InChI=1S/C17H32N2O2/c1-13(2)17(21)18-15-10-14(6-5-9-20)11-19(12-15)16-7-3-4-8-16/h13-16,20H,3-12H2,1-2H3,(H,18,21). The maximum absolute atomic E-state index is 12.0. The van der Waals surface area contributed by atoms with Gasteiger partial charge in [0.1, 0.15) is 0 Å². The van der Waals surface area contributed by atoms with E-state index in [0.717, 1.165) is 38.4 Å². The number of likely N-dealkylation sites (tertiary alicyclic amines) is 1. The molecular weight excluding hydrogens is 264 g/mol. The minimum absolute atomic E-state index is 0.0581. The molecule has 2 aliphatic rings. The fourth-order valence-electron chi connectivity index (χ4n) is 3.87.